The molecule has 0 bridgehead atoms. The second kappa shape index (κ2) is 10.6. The van der Waals surface area contributed by atoms with Crippen LogP contribution in [0.4, 0.5) is 0 Å². The zero-order valence-electron chi connectivity index (χ0n) is 15.0. The molecule has 1 aliphatic heterocycles. The van der Waals surface area contributed by atoms with Gasteiger partial charge in [0.05, 0.1) is 14.2 Å². The molecule has 0 aromatic heterocycles. The number of ether oxygens (including phenoxy) is 2. The largest absolute Gasteiger partial charge is 0.493 e. The van der Waals surface area contributed by atoms with Crippen molar-refractivity contribution in [3.8, 4) is 11.5 Å². The third-order valence-electron chi connectivity index (χ3n) is 4.18. The highest BCUT2D eigenvalue weighted by Gasteiger charge is 2.19. The number of rotatable bonds is 6. The second-order valence-electron chi connectivity index (χ2n) is 5.91. The maximum absolute atomic E-state index is 5.33. The molecule has 1 aliphatic rings. The number of hydrogen-bond acceptors (Lipinski definition) is 4. The average Bonchev–Trinajstić information content (AvgIpc) is 3.00. The SMILES string of the molecule is CN=C(NCc1ccc(OC)c(OC)c1)NCC1CCN(C)C1.I. The number of benzene rings is 1. The molecule has 0 amide bonds. The summed E-state index contributed by atoms with van der Waals surface area (Å²) in [6, 6.07) is 5.92. The number of methoxy groups -OCH3 is 2. The Morgan fingerprint density at radius 1 is 1.25 bits per heavy atom. The maximum atomic E-state index is 5.33. The molecule has 6 nitrogen and oxygen atoms in total. The summed E-state index contributed by atoms with van der Waals surface area (Å²) in [5.41, 5.74) is 1.12. The van der Waals surface area contributed by atoms with Gasteiger partial charge >= 0.3 is 0 Å². The van der Waals surface area contributed by atoms with Gasteiger partial charge in [0.15, 0.2) is 17.5 Å². The highest BCUT2D eigenvalue weighted by molar-refractivity contribution is 14.0. The van der Waals surface area contributed by atoms with Crippen LogP contribution in [0, 0.1) is 5.92 Å². The molecule has 24 heavy (non-hydrogen) atoms. The van der Waals surface area contributed by atoms with Crippen molar-refractivity contribution in [1.82, 2.24) is 15.5 Å². The molecule has 2 N–H and O–H groups in total. The number of nitrogens with one attached hydrogen (secondary N) is 2. The molecule has 1 saturated heterocycles. The van der Waals surface area contributed by atoms with Crippen LogP contribution in [0.25, 0.3) is 0 Å². The molecular weight excluding hydrogens is 419 g/mol. The van der Waals surface area contributed by atoms with Crippen LogP contribution in [-0.4, -0.2) is 58.8 Å². The minimum atomic E-state index is 0. The van der Waals surface area contributed by atoms with Gasteiger partial charge in [0.1, 0.15) is 0 Å². The Balaban J connectivity index is 0.00000288. The van der Waals surface area contributed by atoms with Gasteiger partial charge in [0.25, 0.3) is 0 Å². The van der Waals surface area contributed by atoms with E-state index in [2.05, 4.69) is 27.6 Å². The fourth-order valence-electron chi connectivity index (χ4n) is 2.83. The summed E-state index contributed by atoms with van der Waals surface area (Å²) in [4.78, 5) is 6.65. The van der Waals surface area contributed by atoms with E-state index in [1.807, 2.05) is 18.2 Å². The monoisotopic (exact) mass is 448 g/mol. The van der Waals surface area contributed by atoms with Crippen LogP contribution in [0.1, 0.15) is 12.0 Å². The molecule has 0 radical (unpaired) electrons. The minimum Gasteiger partial charge on any atom is -0.493 e. The van der Waals surface area contributed by atoms with Gasteiger partial charge in [0.2, 0.25) is 0 Å². The van der Waals surface area contributed by atoms with Crippen LogP contribution in [0.5, 0.6) is 11.5 Å². The van der Waals surface area contributed by atoms with E-state index in [-0.39, 0.29) is 24.0 Å². The predicted molar refractivity (Wildman–Crippen MR) is 109 cm³/mol. The van der Waals surface area contributed by atoms with Gasteiger partial charge in [-0.1, -0.05) is 6.07 Å². The summed E-state index contributed by atoms with van der Waals surface area (Å²) in [6.07, 6.45) is 1.25. The third-order valence-corrected chi connectivity index (χ3v) is 4.18. The first-order chi connectivity index (χ1) is 11.2. The van der Waals surface area contributed by atoms with Crippen molar-refractivity contribution in [2.24, 2.45) is 10.9 Å². The Labute approximate surface area is 162 Å². The van der Waals surface area contributed by atoms with Crippen molar-refractivity contribution in [2.45, 2.75) is 13.0 Å². The standard InChI is InChI=1S/C17H28N4O2.HI/c1-18-17(20-11-14-7-8-21(2)12-14)19-10-13-5-6-15(22-3)16(9-13)23-4;/h5-6,9,14H,7-8,10-12H2,1-4H3,(H2,18,19,20);1H. The molecule has 1 fully saturated rings. The average molecular weight is 448 g/mol. The van der Waals surface area contributed by atoms with Gasteiger partial charge < -0.3 is 25.0 Å². The van der Waals surface area contributed by atoms with Gasteiger partial charge in [-0.05, 0) is 43.6 Å². The van der Waals surface area contributed by atoms with E-state index in [1.54, 1.807) is 21.3 Å². The first-order valence-electron chi connectivity index (χ1n) is 8.00. The number of hydrogen-bond donors (Lipinski definition) is 2. The summed E-state index contributed by atoms with van der Waals surface area (Å²) in [6.45, 7) is 3.98. The molecule has 1 unspecified atom stereocenters. The van der Waals surface area contributed by atoms with Crippen LogP contribution in [0.2, 0.25) is 0 Å². The van der Waals surface area contributed by atoms with E-state index in [1.165, 1.54) is 13.0 Å². The Morgan fingerprint density at radius 2 is 2.00 bits per heavy atom. The van der Waals surface area contributed by atoms with Gasteiger partial charge in [0, 0.05) is 26.7 Å². The van der Waals surface area contributed by atoms with Crippen molar-refractivity contribution < 1.29 is 9.47 Å². The quantitative estimate of drug-likeness (QED) is 0.396. The molecule has 0 spiro atoms. The lowest BCUT2D eigenvalue weighted by Gasteiger charge is -2.16. The lowest BCUT2D eigenvalue weighted by Crippen LogP contribution is -2.39. The van der Waals surface area contributed by atoms with Crippen LogP contribution in [0.15, 0.2) is 23.2 Å². The minimum absolute atomic E-state index is 0. The summed E-state index contributed by atoms with van der Waals surface area (Å²) in [5.74, 6) is 3.00. The van der Waals surface area contributed by atoms with Crippen molar-refractivity contribution in [1.29, 1.82) is 0 Å². The summed E-state index contributed by atoms with van der Waals surface area (Å²) in [5, 5.41) is 6.75. The number of halogens is 1. The van der Waals surface area contributed by atoms with Crippen molar-refractivity contribution in [3.05, 3.63) is 23.8 Å². The molecular formula is C17H29IN4O2. The van der Waals surface area contributed by atoms with Gasteiger partial charge in [-0.3, -0.25) is 4.99 Å². The number of aliphatic imine (C=N–C) groups is 1. The van der Waals surface area contributed by atoms with Gasteiger partial charge in [-0.15, -0.1) is 24.0 Å². The Bertz CT molecular complexity index is 539. The zero-order valence-corrected chi connectivity index (χ0v) is 17.3. The first kappa shape index (κ1) is 20.8. The van der Waals surface area contributed by atoms with Crippen LogP contribution in [-0.2, 0) is 6.54 Å². The number of guanidine groups is 1. The Hall–Kier alpha value is -1.22. The van der Waals surface area contributed by atoms with Gasteiger partial charge in [-0.2, -0.15) is 0 Å². The van der Waals surface area contributed by atoms with Gasteiger partial charge in [-0.25, -0.2) is 0 Å². The maximum Gasteiger partial charge on any atom is 0.191 e. The second-order valence-corrected chi connectivity index (χ2v) is 5.91. The van der Waals surface area contributed by atoms with Crippen LogP contribution >= 0.6 is 24.0 Å². The van der Waals surface area contributed by atoms with E-state index in [4.69, 9.17) is 9.47 Å². The van der Waals surface area contributed by atoms with Crippen molar-refractivity contribution in [3.63, 3.8) is 0 Å². The topological polar surface area (TPSA) is 58.1 Å². The van der Waals surface area contributed by atoms with E-state index < -0.39 is 0 Å². The lowest BCUT2D eigenvalue weighted by atomic mass is 10.1. The normalized spacial score (nSPS) is 18.0. The van der Waals surface area contributed by atoms with Crippen molar-refractivity contribution >= 4 is 29.9 Å². The van der Waals surface area contributed by atoms with Crippen molar-refractivity contribution in [2.75, 3.05) is 47.9 Å². The van der Waals surface area contributed by atoms with Crippen LogP contribution < -0.4 is 20.1 Å². The third kappa shape index (κ3) is 6.01. The van der Waals surface area contributed by atoms with Crippen LogP contribution in [0.3, 0.4) is 0 Å². The molecule has 136 valence electrons. The highest BCUT2D eigenvalue weighted by Crippen LogP contribution is 2.27. The molecule has 0 saturated carbocycles. The molecule has 1 aromatic carbocycles. The van der Waals surface area contributed by atoms with E-state index in [9.17, 15) is 0 Å². The lowest BCUT2D eigenvalue weighted by molar-refractivity contribution is 0.354. The fourth-order valence-corrected chi connectivity index (χ4v) is 2.83. The van der Waals surface area contributed by atoms with E-state index >= 15 is 0 Å². The first-order valence-corrected chi connectivity index (χ1v) is 8.00. The molecule has 0 aliphatic carbocycles. The molecule has 7 heteroatoms. The van der Waals surface area contributed by atoms with E-state index in [0.29, 0.717) is 12.5 Å². The zero-order chi connectivity index (χ0) is 16.7. The molecule has 1 atom stereocenters. The molecule has 1 aromatic rings. The Kier molecular flexibility index (Phi) is 9.20. The fraction of sp³-hybridized carbons (Fsp3) is 0.588. The smallest absolute Gasteiger partial charge is 0.191 e. The predicted octanol–water partition coefficient (Wildman–Crippen LogP) is 1.94. The number of nitrogens with zero attached hydrogens (tertiary/aromatic N) is 2. The molecule has 1 heterocycles. The summed E-state index contributed by atoms with van der Waals surface area (Å²) >= 11 is 0. The highest BCUT2D eigenvalue weighted by atomic mass is 127. The van der Waals surface area contributed by atoms with E-state index in [0.717, 1.165) is 36.1 Å². The Morgan fingerprint density at radius 3 is 2.58 bits per heavy atom. The molecule has 2 rings (SSSR count). The summed E-state index contributed by atoms with van der Waals surface area (Å²) in [7, 11) is 7.25. The number of likely N-dealkylation sites (tertiary alicyclic amines) is 1. The summed E-state index contributed by atoms with van der Waals surface area (Å²) < 4.78 is 10.6.